The van der Waals surface area contributed by atoms with E-state index >= 15 is 0 Å². The largest absolute Gasteiger partial charge is 0.340 e. The first-order chi connectivity index (χ1) is 14.5. The van der Waals surface area contributed by atoms with Crippen LogP contribution in [0.3, 0.4) is 0 Å². The molecule has 148 valence electrons. The van der Waals surface area contributed by atoms with E-state index in [0.717, 1.165) is 5.69 Å². The standard InChI is InChI=1S/C21H14ClN5O3/c22-14-2-1-3-15(10-14)25-20-18-11-16(6-9-19(18)23-12-24-20)26-21(28)13-4-7-17(8-5-13)27(29)30/h1-12H,(H,26,28)(H,23,24,25). The van der Waals surface area contributed by atoms with Crippen LogP contribution in [0.4, 0.5) is 22.9 Å². The number of benzene rings is 3. The van der Waals surface area contributed by atoms with Crippen LogP contribution in [-0.4, -0.2) is 20.8 Å². The number of anilines is 3. The lowest BCUT2D eigenvalue weighted by atomic mass is 10.1. The van der Waals surface area contributed by atoms with E-state index in [2.05, 4.69) is 20.6 Å². The highest BCUT2D eigenvalue weighted by molar-refractivity contribution is 6.30. The number of nitrogens with zero attached hydrogens (tertiary/aromatic N) is 3. The highest BCUT2D eigenvalue weighted by atomic mass is 35.5. The average Bonchev–Trinajstić information content (AvgIpc) is 2.74. The van der Waals surface area contributed by atoms with Crippen molar-refractivity contribution in [3.63, 3.8) is 0 Å². The van der Waals surface area contributed by atoms with E-state index in [1.165, 1.54) is 30.6 Å². The molecule has 0 bridgehead atoms. The Morgan fingerprint density at radius 2 is 1.77 bits per heavy atom. The smallest absolute Gasteiger partial charge is 0.269 e. The van der Waals surface area contributed by atoms with Gasteiger partial charge in [0.05, 0.1) is 10.4 Å². The van der Waals surface area contributed by atoms with Gasteiger partial charge in [-0.25, -0.2) is 9.97 Å². The molecule has 30 heavy (non-hydrogen) atoms. The maximum absolute atomic E-state index is 12.5. The highest BCUT2D eigenvalue weighted by Crippen LogP contribution is 2.27. The van der Waals surface area contributed by atoms with Gasteiger partial charge in [-0.1, -0.05) is 17.7 Å². The van der Waals surface area contributed by atoms with Gasteiger partial charge < -0.3 is 10.6 Å². The van der Waals surface area contributed by atoms with Crippen molar-refractivity contribution in [2.45, 2.75) is 0 Å². The SMILES string of the molecule is O=C(Nc1ccc2ncnc(Nc3cccc(Cl)c3)c2c1)c1ccc([N+](=O)[O-])cc1. The van der Waals surface area contributed by atoms with Gasteiger partial charge in [-0.15, -0.1) is 0 Å². The molecule has 0 aliphatic carbocycles. The number of amides is 1. The van der Waals surface area contributed by atoms with Crippen molar-refractivity contribution in [2.75, 3.05) is 10.6 Å². The summed E-state index contributed by atoms with van der Waals surface area (Å²) in [6.45, 7) is 0. The Morgan fingerprint density at radius 3 is 2.50 bits per heavy atom. The second-order valence-electron chi connectivity index (χ2n) is 6.35. The van der Waals surface area contributed by atoms with Crippen LogP contribution in [0.25, 0.3) is 10.9 Å². The Bertz CT molecular complexity index is 1260. The first-order valence-corrected chi connectivity index (χ1v) is 9.20. The molecule has 0 atom stereocenters. The molecule has 0 unspecified atom stereocenters. The summed E-state index contributed by atoms with van der Waals surface area (Å²) < 4.78 is 0. The van der Waals surface area contributed by atoms with Gasteiger partial charge in [0.25, 0.3) is 11.6 Å². The number of nitro benzene ring substituents is 1. The molecule has 1 heterocycles. The molecular weight excluding hydrogens is 406 g/mol. The van der Waals surface area contributed by atoms with E-state index in [1.54, 1.807) is 30.3 Å². The fourth-order valence-electron chi connectivity index (χ4n) is 2.87. The minimum atomic E-state index is -0.514. The number of fused-ring (bicyclic) bond motifs is 1. The van der Waals surface area contributed by atoms with Gasteiger partial charge in [-0.05, 0) is 48.5 Å². The number of carbonyl (C=O) groups is 1. The first kappa shape index (κ1) is 19.3. The quantitative estimate of drug-likeness (QED) is 0.340. The molecule has 0 spiro atoms. The van der Waals surface area contributed by atoms with Gasteiger partial charge in [0, 0.05) is 39.5 Å². The zero-order valence-corrected chi connectivity index (χ0v) is 16.1. The number of nitrogens with one attached hydrogen (secondary N) is 2. The molecule has 3 aromatic carbocycles. The van der Waals surface area contributed by atoms with Gasteiger partial charge >= 0.3 is 0 Å². The fourth-order valence-corrected chi connectivity index (χ4v) is 3.07. The van der Waals surface area contributed by atoms with Crippen LogP contribution in [0.1, 0.15) is 10.4 Å². The number of carbonyl (C=O) groups excluding carboxylic acids is 1. The topological polar surface area (TPSA) is 110 Å². The molecule has 0 saturated heterocycles. The van der Waals surface area contributed by atoms with Crippen molar-refractivity contribution in [3.8, 4) is 0 Å². The molecule has 4 rings (SSSR count). The monoisotopic (exact) mass is 419 g/mol. The number of halogens is 1. The normalized spacial score (nSPS) is 10.6. The highest BCUT2D eigenvalue weighted by Gasteiger charge is 2.11. The van der Waals surface area contributed by atoms with Crippen LogP contribution in [0.2, 0.25) is 5.02 Å². The molecule has 4 aromatic rings. The lowest BCUT2D eigenvalue weighted by Gasteiger charge is -2.11. The zero-order chi connectivity index (χ0) is 21.1. The van der Waals surface area contributed by atoms with Crippen molar-refractivity contribution in [3.05, 3.63) is 93.8 Å². The Balaban J connectivity index is 1.60. The van der Waals surface area contributed by atoms with Gasteiger partial charge in [0.2, 0.25) is 0 Å². The number of non-ortho nitro benzene ring substituents is 1. The summed E-state index contributed by atoms with van der Waals surface area (Å²) in [4.78, 5) is 31.3. The third-order valence-electron chi connectivity index (χ3n) is 4.32. The summed E-state index contributed by atoms with van der Waals surface area (Å²) in [5.41, 5.74) is 2.23. The van der Waals surface area contributed by atoms with Crippen molar-refractivity contribution in [1.29, 1.82) is 0 Å². The molecule has 2 N–H and O–H groups in total. The summed E-state index contributed by atoms with van der Waals surface area (Å²) in [5.74, 6) is 0.180. The molecule has 1 amide bonds. The zero-order valence-electron chi connectivity index (χ0n) is 15.4. The van der Waals surface area contributed by atoms with Crippen LogP contribution in [0.5, 0.6) is 0 Å². The fraction of sp³-hybridized carbons (Fsp3) is 0. The maximum atomic E-state index is 12.5. The Hall–Kier alpha value is -4.04. The van der Waals surface area contributed by atoms with Crippen LogP contribution in [-0.2, 0) is 0 Å². The predicted molar refractivity (Wildman–Crippen MR) is 115 cm³/mol. The lowest BCUT2D eigenvalue weighted by molar-refractivity contribution is -0.384. The summed E-state index contributed by atoms with van der Waals surface area (Å²) in [7, 11) is 0. The van der Waals surface area contributed by atoms with Crippen LogP contribution >= 0.6 is 11.6 Å². The van der Waals surface area contributed by atoms with Crippen molar-refractivity contribution >= 4 is 51.3 Å². The van der Waals surface area contributed by atoms with Gasteiger partial charge in [-0.2, -0.15) is 0 Å². The van der Waals surface area contributed by atoms with Crippen molar-refractivity contribution < 1.29 is 9.72 Å². The summed E-state index contributed by atoms with van der Waals surface area (Å²) in [5, 5.41) is 18.0. The van der Waals surface area contributed by atoms with E-state index in [-0.39, 0.29) is 11.6 Å². The van der Waals surface area contributed by atoms with Gasteiger partial charge in [0.1, 0.15) is 12.1 Å². The Kier molecular flexibility index (Phi) is 5.23. The number of aromatic nitrogens is 2. The number of hydrogen-bond acceptors (Lipinski definition) is 6. The van der Waals surface area contributed by atoms with Gasteiger partial charge in [-0.3, -0.25) is 14.9 Å². The van der Waals surface area contributed by atoms with E-state index in [4.69, 9.17) is 11.6 Å². The molecule has 0 radical (unpaired) electrons. The molecule has 0 aliphatic heterocycles. The van der Waals surface area contributed by atoms with Crippen molar-refractivity contribution in [1.82, 2.24) is 9.97 Å². The minimum Gasteiger partial charge on any atom is -0.340 e. The van der Waals surface area contributed by atoms with E-state index in [9.17, 15) is 14.9 Å². The van der Waals surface area contributed by atoms with E-state index in [1.807, 2.05) is 12.1 Å². The second-order valence-corrected chi connectivity index (χ2v) is 6.78. The third-order valence-corrected chi connectivity index (χ3v) is 4.56. The van der Waals surface area contributed by atoms with Crippen LogP contribution in [0, 0.1) is 10.1 Å². The predicted octanol–water partition coefficient (Wildman–Crippen LogP) is 5.19. The molecule has 1 aromatic heterocycles. The van der Waals surface area contributed by atoms with E-state index in [0.29, 0.717) is 33.0 Å². The lowest BCUT2D eigenvalue weighted by Crippen LogP contribution is -2.11. The minimum absolute atomic E-state index is 0.0777. The Labute approximate surface area is 175 Å². The third kappa shape index (κ3) is 4.18. The molecule has 9 heteroatoms. The summed E-state index contributed by atoms with van der Waals surface area (Å²) in [6, 6.07) is 17.9. The Morgan fingerprint density at radius 1 is 0.967 bits per heavy atom. The molecular formula is C21H14ClN5O3. The average molecular weight is 420 g/mol. The molecule has 0 fully saturated rings. The second kappa shape index (κ2) is 8.14. The van der Waals surface area contributed by atoms with Crippen LogP contribution in [0.15, 0.2) is 73.1 Å². The molecule has 0 aliphatic rings. The summed E-state index contributed by atoms with van der Waals surface area (Å²) in [6.07, 6.45) is 1.45. The van der Waals surface area contributed by atoms with E-state index < -0.39 is 4.92 Å². The van der Waals surface area contributed by atoms with Crippen molar-refractivity contribution in [2.24, 2.45) is 0 Å². The molecule has 8 nitrogen and oxygen atoms in total. The summed E-state index contributed by atoms with van der Waals surface area (Å²) >= 11 is 6.04. The van der Waals surface area contributed by atoms with Gasteiger partial charge in [0.15, 0.2) is 0 Å². The van der Waals surface area contributed by atoms with Crippen LogP contribution < -0.4 is 10.6 Å². The maximum Gasteiger partial charge on any atom is 0.269 e. The number of rotatable bonds is 5. The first-order valence-electron chi connectivity index (χ1n) is 8.83. The number of nitro groups is 1. The molecule has 0 saturated carbocycles. The number of hydrogen-bond donors (Lipinski definition) is 2.